The molecule has 0 aliphatic rings. The Balaban J connectivity index is 1.74. The van der Waals surface area contributed by atoms with Crippen molar-refractivity contribution in [2.24, 2.45) is 0 Å². The van der Waals surface area contributed by atoms with Crippen molar-refractivity contribution in [2.75, 3.05) is 6.61 Å². The highest BCUT2D eigenvalue weighted by Gasteiger charge is 2.14. The van der Waals surface area contributed by atoms with Crippen LogP contribution in [0.2, 0.25) is 0 Å². The summed E-state index contributed by atoms with van der Waals surface area (Å²) in [5.41, 5.74) is 0.851. The van der Waals surface area contributed by atoms with Crippen molar-refractivity contribution in [3.8, 4) is 5.75 Å². The van der Waals surface area contributed by atoms with E-state index in [-0.39, 0.29) is 18.6 Å². The van der Waals surface area contributed by atoms with Crippen molar-refractivity contribution < 1.29 is 14.6 Å². The maximum absolute atomic E-state index is 11.8. The summed E-state index contributed by atoms with van der Waals surface area (Å²) in [7, 11) is 0. The van der Waals surface area contributed by atoms with Crippen LogP contribution < -0.4 is 10.1 Å². The number of hydrogen-bond donors (Lipinski definition) is 2. The van der Waals surface area contributed by atoms with E-state index in [1.165, 1.54) is 0 Å². The first-order valence-corrected chi connectivity index (χ1v) is 7.35. The van der Waals surface area contributed by atoms with Crippen molar-refractivity contribution in [3.63, 3.8) is 0 Å². The number of aliphatic hydroxyl groups is 1. The molecule has 4 heteroatoms. The largest absolute Gasteiger partial charge is 0.484 e. The van der Waals surface area contributed by atoms with Gasteiger partial charge in [-0.1, -0.05) is 48.5 Å². The van der Waals surface area contributed by atoms with E-state index in [2.05, 4.69) is 5.32 Å². The molecule has 22 heavy (non-hydrogen) atoms. The summed E-state index contributed by atoms with van der Waals surface area (Å²) < 4.78 is 5.38. The number of hydrogen-bond acceptors (Lipinski definition) is 3. The van der Waals surface area contributed by atoms with E-state index in [4.69, 9.17) is 4.74 Å². The number of nitrogens with one attached hydrogen (secondary N) is 1. The Morgan fingerprint density at radius 1 is 1.09 bits per heavy atom. The Bertz CT molecular complexity index is 571. The normalized spacial score (nSPS) is 13.2. The van der Waals surface area contributed by atoms with E-state index in [9.17, 15) is 9.90 Å². The average Bonchev–Trinajstić information content (AvgIpc) is 2.54. The molecule has 2 atom stereocenters. The van der Waals surface area contributed by atoms with Crippen molar-refractivity contribution in [2.45, 2.75) is 25.5 Å². The van der Waals surface area contributed by atoms with Gasteiger partial charge < -0.3 is 15.2 Å². The summed E-state index contributed by atoms with van der Waals surface area (Å²) in [6.45, 7) is 1.84. The molecule has 0 aliphatic heterocycles. The third-order valence-corrected chi connectivity index (χ3v) is 3.28. The van der Waals surface area contributed by atoms with Gasteiger partial charge in [0.05, 0.1) is 6.10 Å². The van der Waals surface area contributed by atoms with Crippen LogP contribution in [0.25, 0.3) is 0 Å². The van der Waals surface area contributed by atoms with Crippen LogP contribution in [0, 0.1) is 0 Å². The highest BCUT2D eigenvalue weighted by atomic mass is 16.5. The minimum absolute atomic E-state index is 0.0320. The van der Waals surface area contributed by atoms with Gasteiger partial charge in [-0.3, -0.25) is 4.79 Å². The lowest BCUT2D eigenvalue weighted by atomic mass is 10.0. The van der Waals surface area contributed by atoms with E-state index in [0.29, 0.717) is 12.2 Å². The van der Waals surface area contributed by atoms with Gasteiger partial charge in [-0.15, -0.1) is 0 Å². The SMILES string of the molecule is CC(CC(O)c1ccccc1)NC(=O)COc1ccccc1. The lowest BCUT2D eigenvalue weighted by Crippen LogP contribution is -2.37. The van der Waals surface area contributed by atoms with Crippen LogP contribution in [0.4, 0.5) is 0 Å². The first-order chi connectivity index (χ1) is 10.6. The number of rotatable bonds is 7. The smallest absolute Gasteiger partial charge is 0.258 e. The Morgan fingerprint density at radius 3 is 2.32 bits per heavy atom. The number of carbonyl (C=O) groups excluding carboxylic acids is 1. The highest BCUT2D eigenvalue weighted by Crippen LogP contribution is 2.17. The molecule has 0 fully saturated rings. The average molecular weight is 299 g/mol. The fourth-order valence-electron chi connectivity index (χ4n) is 2.19. The lowest BCUT2D eigenvalue weighted by Gasteiger charge is -2.18. The van der Waals surface area contributed by atoms with Gasteiger partial charge in [-0.2, -0.15) is 0 Å². The Morgan fingerprint density at radius 2 is 1.68 bits per heavy atom. The molecule has 0 aromatic heterocycles. The van der Waals surface area contributed by atoms with Crippen molar-refractivity contribution in [1.29, 1.82) is 0 Å². The molecule has 2 N–H and O–H groups in total. The molecule has 2 aromatic rings. The fourth-order valence-corrected chi connectivity index (χ4v) is 2.19. The molecule has 0 saturated carbocycles. The molecule has 1 amide bonds. The second-order valence-electron chi connectivity index (χ2n) is 5.23. The molecular weight excluding hydrogens is 278 g/mol. The second-order valence-corrected chi connectivity index (χ2v) is 5.23. The minimum atomic E-state index is -0.591. The van der Waals surface area contributed by atoms with Crippen molar-refractivity contribution >= 4 is 5.91 Å². The lowest BCUT2D eigenvalue weighted by molar-refractivity contribution is -0.123. The fraction of sp³-hybridized carbons (Fsp3) is 0.278. The summed E-state index contributed by atoms with van der Waals surface area (Å²) in [5.74, 6) is 0.464. The van der Waals surface area contributed by atoms with Crippen LogP contribution in [0.3, 0.4) is 0 Å². The third kappa shape index (κ3) is 5.22. The Hall–Kier alpha value is -2.33. The molecular formula is C18H21NO3. The van der Waals surface area contributed by atoms with Crippen LogP contribution in [-0.2, 0) is 4.79 Å². The molecule has 0 radical (unpaired) electrons. The number of aliphatic hydroxyl groups excluding tert-OH is 1. The van der Waals surface area contributed by atoms with Crippen LogP contribution >= 0.6 is 0 Å². The number of para-hydroxylation sites is 1. The van der Waals surface area contributed by atoms with Gasteiger partial charge in [0, 0.05) is 6.04 Å². The van der Waals surface area contributed by atoms with E-state index >= 15 is 0 Å². The number of ether oxygens (including phenoxy) is 1. The summed E-state index contributed by atoms with van der Waals surface area (Å²) >= 11 is 0. The van der Waals surface area contributed by atoms with Crippen molar-refractivity contribution in [1.82, 2.24) is 5.32 Å². The Kier molecular flexibility index (Phi) is 5.98. The van der Waals surface area contributed by atoms with Crippen LogP contribution in [-0.4, -0.2) is 23.7 Å². The molecule has 0 bridgehead atoms. The number of amides is 1. The molecule has 2 rings (SSSR count). The maximum Gasteiger partial charge on any atom is 0.258 e. The molecule has 0 spiro atoms. The molecule has 0 aliphatic carbocycles. The van der Waals surface area contributed by atoms with Crippen LogP contribution in [0.15, 0.2) is 60.7 Å². The molecule has 0 heterocycles. The zero-order chi connectivity index (χ0) is 15.8. The van der Waals surface area contributed by atoms with Crippen molar-refractivity contribution in [3.05, 3.63) is 66.2 Å². The molecule has 2 aromatic carbocycles. The molecule has 116 valence electrons. The third-order valence-electron chi connectivity index (χ3n) is 3.28. The van der Waals surface area contributed by atoms with E-state index in [1.807, 2.05) is 55.5 Å². The van der Waals surface area contributed by atoms with Gasteiger partial charge in [0.15, 0.2) is 6.61 Å². The van der Waals surface area contributed by atoms with Gasteiger partial charge in [0.1, 0.15) is 5.75 Å². The Labute approximate surface area is 130 Å². The number of benzene rings is 2. The summed E-state index contributed by atoms with van der Waals surface area (Å²) in [6, 6.07) is 18.5. The maximum atomic E-state index is 11.8. The molecule has 4 nitrogen and oxygen atoms in total. The van der Waals surface area contributed by atoms with Gasteiger partial charge in [0.2, 0.25) is 0 Å². The topological polar surface area (TPSA) is 58.6 Å². The predicted octanol–water partition coefficient (Wildman–Crippen LogP) is 2.69. The van der Waals surface area contributed by atoms with Crippen LogP contribution in [0.5, 0.6) is 5.75 Å². The van der Waals surface area contributed by atoms with E-state index < -0.39 is 6.10 Å². The zero-order valence-electron chi connectivity index (χ0n) is 12.6. The van der Waals surface area contributed by atoms with Gasteiger partial charge in [-0.05, 0) is 31.0 Å². The predicted molar refractivity (Wildman–Crippen MR) is 85.6 cm³/mol. The van der Waals surface area contributed by atoms with Crippen LogP contribution in [0.1, 0.15) is 25.0 Å². The summed E-state index contributed by atoms with van der Waals surface area (Å²) in [6.07, 6.45) is -0.132. The number of carbonyl (C=O) groups is 1. The van der Waals surface area contributed by atoms with E-state index in [1.54, 1.807) is 12.1 Å². The van der Waals surface area contributed by atoms with E-state index in [0.717, 1.165) is 5.56 Å². The highest BCUT2D eigenvalue weighted by molar-refractivity contribution is 5.77. The molecule has 2 unspecified atom stereocenters. The first-order valence-electron chi connectivity index (χ1n) is 7.35. The second kappa shape index (κ2) is 8.20. The molecule has 0 saturated heterocycles. The van der Waals surface area contributed by atoms with Gasteiger partial charge in [-0.25, -0.2) is 0 Å². The van der Waals surface area contributed by atoms with Gasteiger partial charge in [0.25, 0.3) is 5.91 Å². The minimum Gasteiger partial charge on any atom is -0.484 e. The standard InChI is InChI=1S/C18H21NO3/c1-14(12-17(20)15-8-4-2-5-9-15)19-18(21)13-22-16-10-6-3-7-11-16/h2-11,14,17,20H,12-13H2,1H3,(H,19,21). The first kappa shape index (κ1) is 16.0. The summed E-state index contributed by atoms with van der Waals surface area (Å²) in [4.78, 5) is 11.8. The quantitative estimate of drug-likeness (QED) is 0.826. The zero-order valence-corrected chi connectivity index (χ0v) is 12.6. The summed E-state index contributed by atoms with van der Waals surface area (Å²) in [5, 5.41) is 13.0. The monoisotopic (exact) mass is 299 g/mol. The van der Waals surface area contributed by atoms with Gasteiger partial charge >= 0.3 is 0 Å².